The lowest BCUT2D eigenvalue weighted by Gasteiger charge is -2.33. The van der Waals surface area contributed by atoms with Crippen LogP contribution in [0.2, 0.25) is 0 Å². The van der Waals surface area contributed by atoms with Gasteiger partial charge in [0.15, 0.2) is 11.5 Å². The van der Waals surface area contributed by atoms with Crippen molar-refractivity contribution in [1.82, 2.24) is 9.80 Å². The highest BCUT2D eigenvalue weighted by molar-refractivity contribution is 5.77. The Morgan fingerprint density at radius 2 is 1.72 bits per heavy atom. The number of ether oxygens (including phenoxy) is 3. The summed E-state index contributed by atoms with van der Waals surface area (Å²) in [4.78, 5) is 27.3. The van der Waals surface area contributed by atoms with Crippen LogP contribution in [0.3, 0.4) is 0 Å². The molecule has 1 heterocycles. The van der Waals surface area contributed by atoms with Crippen molar-refractivity contribution < 1.29 is 23.8 Å². The van der Waals surface area contributed by atoms with Crippen molar-refractivity contribution in [2.45, 2.75) is 19.8 Å². The minimum absolute atomic E-state index is 0.0948. The van der Waals surface area contributed by atoms with Crippen LogP contribution >= 0.6 is 0 Å². The van der Waals surface area contributed by atoms with Gasteiger partial charge < -0.3 is 24.0 Å². The second kappa shape index (κ2) is 9.15. The number of carbonyl (C=O) groups is 2. The van der Waals surface area contributed by atoms with Gasteiger partial charge >= 0.3 is 6.09 Å². The van der Waals surface area contributed by atoms with Crippen molar-refractivity contribution in [1.29, 1.82) is 0 Å². The average Bonchev–Trinajstić information content (AvgIpc) is 2.66. The summed E-state index contributed by atoms with van der Waals surface area (Å²) in [6, 6.07) is 5.74. The summed E-state index contributed by atoms with van der Waals surface area (Å²) in [5.41, 5.74) is 1.03. The molecule has 0 saturated carbocycles. The smallest absolute Gasteiger partial charge is 0.409 e. The van der Waals surface area contributed by atoms with Crippen LogP contribution in [-0.2, 0) is 16.0 Å². The standard InChI is InChI=1S/C18H26N2O5/c1-4-25-15-7-5-14(13-16(15)23-2)6-8-17(21)19-9-11-20(12-10-19)18(22)24-3/h5,7,13H,4,6,8-12H2,1-3H3. The van der Waals surface area contributed by atoms with E-state index < -0.39 is 0 Å². The third-order valence-corrected chi connectivity index (χ3v) is 4.22. The molecule has 0 N–H and O–H groups in total. The molecule has 138 valence electrons. The highest BCUT2D eigenvalue weighted by atomic mass is 16.5. The molecule has 0 atom stereocenters. The monoisotopic (exact) mass is 350 g/mol. The molecule has 0 bridgehead atoms. The highest BCUT2D eigenvalue weighted by Crippen LogP contribution is 2.28. The molecule has 0 spiro atoms. The van der Waals surface area contributed by atoms with Crippen molar-refractivity contribution in [2.24, 2.45) is 0 Å². The van der Waals surface area contributed by atoms with Gasteiger partial charge in [-0.2, -0.15) is 0 Å². The fourth-order valence-corrected chi connectivity index (χ4v) is 2.82. The minimum atomic E-state index is -0.339. The Hall–Kier alpha value is -2.44. The first-order chi connectivity index (χ1) is 12.1. The maximum atomic E-state index is 12.4. The lowest BCUT2D eigenvalue weighted by Crippen LogP contribution is -2.50. The molecule has 0 radical (unpaired) electrons. The molecule has 1 aromatic carbocycles. The van der Waals surface area contributed by atoms with E-state index >= 15 is 0 Å². The van der Waals surface area contributed by atoms with E-state index in [9.17, 15) is 9.59 Å². The van der Waals surface area contributed by atoms with E-state index in [0.29, 0.717) is 57.1 Å². The molecule has 0 aromatic heterocycles. The largest absolute Gasteiger partial charge is 0.493 e. The lowest BCUT2D eigenvalue weighted by molar-refractivity contribution is -0.132. The molecular formula is C18H26N2O5. The van der Waals surface area contributed by atoms with Crippen LogP contribution in [0, 0.1) is 0 Å². The molecule has 1 aromatic rings. The number of nitrogens with zero attached hydrogens (tertiary/aromatic N) is 2. The molecule has 1 saturated heterocycles. The van der Waals surface area contributed by atoms with Gasteiger partial charge in [0, 0.05) is 32.6 Å². The number of hydrogen-bond acceptors (Lipinski definition) is 5. The van der Waals surface area contributed by atoms with Crippen LogP contribution in [0.25, 0.3) is 0 Å². The predicted molar refractivity (Wildman–Crippen MR) is 93.0 cm³/mol. The van der Waals surface area contributed by atoms with Crippen LogP contribution in [0.4, 0.5) is 4.79 Å². The molecule has 25 heavy (non-hydrogen) atoms. The van der Waals surface area contributed by atoms with Crippen LogP contribution in [0.15, 0.2) is 18.2 Å². The number of piperazine rings is 1. The molecule has 0 aliphatic carbocycles. The summed E-state index contributed by atoms with van der Waals surface area (Å²) in [5, 5.41) is 0. The summed E-state index contributed by atoms with van der Waals surface area (Å²) in [6.07, 6.45) is 0.724. The average molecular weight is 350 g/mol. The lowest BCUT2D eigenvalue weighted by atomic mass is 10.1. The summed E-state index contributed by atoms with van der Waals surface area (Å²) in [5.74, 6) is 1.48. The summed E-state index contributed by atoms with van der Waals surface area (Å²) < 4.78 is 15.5. The molecule has 2 rings (SSSR count). The first kappa shape index (κ1) is 18.9. The maximum absolute atomic E-state index is 12.4. The van der Waals surface area contributed by atoms with Gasteiger partial charge in [-0.1, -0.05) is 6.07 Å². The molecular weight excluding hydrogens is 324 g/mol. The quantitative estimate of drug-likeness (QED) is 0.784. The number of carbonyl (C=O) groups excluding carboxylic acids is 2. The third kappa shape index (κ3) is 5.01. The molecule has 0 unspecified atom stereocenters. The number of rotatable bonds is 6. The van der Waals surface area contributed by atoms with Crippen molar-refractivity contribution in [2.75, 3.05) is 47.0 Å². The van der Waals surface area contributed by atoms with E-state index in [2.05, 4.69) is 0 Å². The number of methoxy groups -OCH3 is 2. The van der Waals surface area contributed by atoms with Gasteiger partial charge in [-0.25, -0.2) is 4.79 Å². The van der Waals surface area contributed by atoms with E-state index in [1.165, 1.54) is 7.11 Å². The van der Waals surface area contributed by atoms with Gasteiger partial charge in [-0.3, -0.25) is 4.79 Å². The Kier molecular flexibility index (Phi) is 6.91. The van der Waals surface area contributed by atoms with Crippen molar-refractivity contribution in [3.63, 3.8) is 0 Å². The van der Waals surface area contributed by atoms with Gasteiger partial charge in [0.25, 0.3) is 0 Å². The third-order valence-electron chi connectivity index (χ3n) is 4.22. The van der Waals surface area contributed by atoms with E-state index in [1.54, 1.807) is 16.9 Å². The predicted octanol–water partition coefficient (Wildman–Crippen LogP) is 1.94. The molecule has 1 aliphatic heterocycles. The number of hydrogen-bond donors (Lipinski definition) is 0. The number of amides is 2. The van der Waals surface area contributed by atoms with Gasteiger partial charge in [0.05, 0.1) is 20.8 Å². The van der Waals surface area contributed by atoms with E-state index in [-0.39, 0.29) is 12.0 Å². The second-order valence-corrected chi connectivity index (χ2v) is 5.76. The number of benzene rings is 1. The van der Waals surface area contributed by atoms with Crippen molar-refractivity contribution in [3.8, 4) is 11.5 Å². The Morgan fingerprint density at radius 3 is 2.32 bits per heavy atom. The van der Waals surface area contributed by atoms with Crippen LogP contribution in [-0.4, -0.2) is 68.8 Å². The fraction of sp³-hybridized carbons (Fsp3) is 0.556. The Balaban J connectivity index is 1.85. The van der Waals surface area contributed by atoms with Gasteiger partial charge in [0.1, 0.15) is 0 Å². The zero-order valence-corrected chi connectivity index (χ0v) is 15.1. The minimum Gasteiger partial charge on any atom is -0.493 e. The topological polar surface area (TPSA) is 68.3 Å². The fourth-order valence-electron chi connectivity index (χ4n) is 2.82. The summed E-state index contributed by atoms with van der Waals surface area (Å²) in [6.45, 7) is 4.60. The SMILES string of the molecule is CCOc1ccc(CCC(=O)N2CCN(C(=O)OC)CC2)cc1OC. The summed E-state index contributed by atoms with van der Waals surface area (Å²) >= 11 is 0. The van der Waals surface area contributed by atoms with Crippen molar-refractivity contribution in [3.05, 3.63) is 23.8 Å². The van der Waals surface area contributed by atoms with Crippen LogP contribution in [0.5, 0.6) is 11.5 Å². The van der Waals surface area contributed by atoms with Gasteiger partial charge in [-0.05, 0) is 31.0 Å². The first-order valence-corrected chi connectivity index (χ1v) is 8.49. The van der Waals surface area contributed by atoms with Crippen LogP contribution in [0.1, 0.15) is 18.9 Å². The maximum Gasteiger partial charge on any atom is 0.409 e. The molecule has 1 fully saturated rings. The van der Waals surface area contributed by atoms with Gasteiger partial charge in [-0.15, -0.1) is 0 Å². The normalized spacial score (nSPS) is 14.2. The van der Waals surface area contributed by atoms with E-state index in [1.807, 2.05) is 25.1 Å². The Labute approximate surface area is 148 Å². The zero-order valence-electron chi connectivity index (χ0n) is 15.1. The molecule has 7 heteroatoms. The Bertz CT molecular complexity index is 597. The zero-order chi connectivity index (χ0) is 18.2. The second-order valence-electron chi connectivity index (χ2n) is 5.76. The highest BCUT2D eigenvalue weighted by Gasteiger charge is 2.24. The van der Waals surface area contributed by atoms with E-state index in [0.717, 1.165) is 5.56 Å². The van der Waals surface area contributed by atoms with Gasteiger partial charge in [0.2, 0.25) is 5.91 Å². The molecule has 2 amide bonds. The molecule has 7 nitrogen and oxygen atoms in total. The Morgan fingerprint density at radius 1 is 1.04 bits per heavy atom. The van der Waals surface area contributed by atoms with Crippen molar-refractivity contribution >= 4 is 12.0 Å². The number of aryl methyl sites for hydroxylation is 1. The summed E-state index contributed by atoms with van der Waals surface area (Å²) in [7, 11) is 2.97. The van der Waals surface area contributed by atoms with E-state index in [4.69, 9.17) is 14.2 Å². The first-order valence-electron chi connectivity index (χ1n) is 8.49. The van der Waals surface area contributed by atoms with Crippen LogP contribution < -0.4 is 9.47 Å². The molecule has 1 aliphatic rings.